The van der Waals surface area contributed by atoms with Gasteiger partial charge in [-0.3, -0.25) is 0 Å². The highest BCUT2D eigenvalue weighted by molar-refractivity contribution is 7.89. The first-order valence-electron chi connectivity index (χ1n) is 13.8. The Morgan fingerprint density at radius 2 is 1.88 bits per heavy atom. The second kappa shape index (κ2) is 14.8. The molecule has 3 atom stereocenters. The molecule has 1 fully saturated rings. The highest BCUT2D eigenvalue weighted by Gasteiger charge is 2.35. The molecule has 0 aliphatic carbocycles. The van der Waals surface area contributed by atoms with Crippen LogP contribution in [0.2, 0.25) is 0 Å². The summed E-state index contributed by atoms with van der Waals surface area (Å²) in [6.07, 6.45) is 1.09. The smallest absolute Gasteiger partial charge is 0.407 e. The Balaban J connectivity index is 1.85. The summed E-state index contributed by atoms with van der Waals surface area (Å²) in [5.74, 6) is 0. The summed E-state index contributed by atoms with van der Waals surface area (Å²) in [6.45, 7) is 5.36. The SMILES string of the molecule is CC(C)(CCCCN)CN(CC(O)[C@H](Cc1ccccc1)NC(=O)OC1CCOC1)S(=O)(=O)c1ccc(N)cc1. The Morgan fingerprint density at radius 3 is 2.50 bits per heavy atom. The summed E-state index contributed by atoms with van der Waals surface area (Å²) >= 11 is 0. The molecule has 1 aliphatic heterocycles. The average Bonchev–Trinajstić information content (AvgIpc) is 3.41. The summed E-state index contributed by atoms with van der Waals surface area (Å²) in [5, 5.41) is 14.3. The van der Waals surface area contributed by atoms with Crippen molar-refractivity contribution in [3.63, 3.8) is 0 Å². The van der Waals surface area contributed by atoms with E-state index in [9.17, 15) is 18.3 Å². The predicted molar refractivity (Wildman–Crippen MR) is 155 cm³/mol. The number of nitrogens with one attached hydrogen (secondary N) is 1. The minimum Gasteiger partial charge on any atom is -0.444 e. The van der Waals surface area contributed by atoms with Crippen LogP contribution in [0.25, 0.3) is 0 Å². The third-order valence-corrected chi connectivity index (χ3v) is 8.87. The van der Waals surface area contributed by atoms with Gasteiger partial charge in [-0.1, -0.05) is 50.6 Å². The molecule has 1 heterocycles. The van der Waals surface area contributed by atoms with Crippen LogP contribution < -0.4 is 16.8 Å². The predicted octanol–water partition coefficient (Wildman–Crippen LogP) is 2.90. The number of alkyl carbamates (subject to hydrolysis) is 1. The molecule has 1 amide bonds. The molecule has 0 aromatic heterocycles. The maximum atomic E-state index is 13.8. The van der Waals surface area contributed by atoms with Crippen molar-refractivity contribution in [3.05, 3.63) is 60.2 Å². The van der Waals surface area contributed by atoms with Crippen LogP contribution in [0, 0.1) is 5.41 Å². The Morgan fingerprint density at radius 1 is 1.18 bits per heavy atom. The van der Waals surface area contributed by atoms with Gasteiger partial charge >= 0.3 is 6.09 Å². The van der Waals surface area contributed by atoms with Crippen molar-refractivity contribution in [3.8, 4) is 0 Å². The molecule has 0 radical (unpaired) electrons. The molecular formula is C29H44N4O6S. The molecule has 2 aromatic rings. The first-order chi connectivity index (χ1) is 19.0. The number of nitrogens with zero attached hydrogens (tertiary/aromatic N) is 1. The second-order valence-electron chi connectivity index (χ2n) is 11.2. The van der Waals surface area contributed by atoms with Gasteiger partial charge in [-0.2, -0.15) is 4.31 Å². The zero-order valence-corrected chi connectivity index (χ0v) is 24.3. The molecule has 0 saturated carbocycles. The Labute approximate surface area is 238 Å². The lowest BCUT2D eigenvalue weighted by molar-refractivity contribution is 0.0623. The van der Waals surface area contributed by atoms with Crippen LogP contribution in [0.3, 0.4) is 0 Å². The highest BCUT2D eigenvalue weighted by atomic mass is 32.2. The fraction of sp³-hybridized carbons (Fsp3) is 0.552. The van der Waals surface area contributed by atoms with Crippen molar-refractivity contribution in [2.45, 2.75) is 69.1 Å². The fourth-order valence-corrected chi connectivity index (χ4v) is 6.42. The third kappa shape index (κ3) is 9.74. The topological polar surface area (TPSA) is 157 Å². The number of aliphatic hydroxyl groups is 1. The summed E-state index contributed by atoms with van der Waals surface area (Å²) in [5.41, 5.74) is 12.4. The quantitative estimate of drug-likeness (QED) is 0.186. The van der Waals surface area contributed by atoms with E-state index >= 15 is 0 Å². The number of nitrogens with two attached hydrogens (primary N) is 2. The number of anilines is 1. The van der Waals surface area contributed by atoms with Crippen molar-refractivity contribution in [1.29, 1.82) is 0 Å². The van der Waals surface area contributed by atoms with Crippen LogP contribution >= 0.6 is 0 Å². The first-order valence-corrected chi connectivity index (χ1v) is 15.3. The standard InChI is InChI=1S/C29H44N4O6S/c1-29(2,15-6-7-16-30)21-33(40(36,37)25-12-10-23(31)11-13-25)19-27(34)26(18-22-8-4-3-5-9-22)32-28(35)39-24-14-17-38-20-24/h3-5,8-13,24,26-27,34H,6-7,14-21,30-31H2,1-2H3,(H,32,35)/t24?,26-,27?/m0/s1. The maximum absolute atomic E-state index is 13.8. The molecule has 10 nitrogen and oxygen atoms in total. The van der Waals surface area contributed by atoms with Gasteiger partial charge < -0.3 is 31.4 Å². The molecule has 2 unspecified atom stereocenters. The molecule has 3 rings (SSSR count). The van der Waals surface area contributed by atoms with Crippen LogP contribution in [0.1, 0.15) is 45.1 Å². The number of rotatable bonds is 15. The van der Waals surface area contributed by atoms with Gasteiger partial charge in [0.25, 0.3) is 0 Å². The number of benzene rings is 2. The summed E-state index contributed by atoms with van der Waals surface area (Å²) in [6, 6.07) is 14.6. The van der Waals surface area contributed by atoms with Crippen molar-refractivity contribution in [2.24, 2.45) is 11.1 Å². The maximum Gasteiger partial charge on any atom is 0.407 e. The third-order valence-electron chi connectivity index (χ3n) is 7.05. The largest absolute Gasteiger partial charge is 0.444 e. The number of carbonyl (C=O) groups is 1. The van der Waals surface area contributed by atoms with E-state index in [4.69, 9.17) is 20.9 Å². The molecule has 11 heteroatoms. The van der Waals surface area contributed by atoms with Crippen molar-refractivity contribution in [1.82, 2.24) is 9.62 Å². The van der Waals surface area contributed by atoms with E-state index in [2.05, 4.69) is 5.32 Å². The fourth-order valence-electron chi connectivity index (χ4n) is 4.77. The van der Waals surface area contributed by atoms with E-state index in [0.717, 1.165) is 24.8 Å². The van der Waals surface area contributed by atoms with Gasteiger partial charge in [0.1, 0.15) is 6.10 Å². The van der Waals surface area contributed by atoms with Crippen molar-refractivity contribution < 1.29 is 27.8 Å². The van der Waals surface area contributed by atoms with Gasteiger partial charge in [0.2, 0.25) is 10.0 Å². The van der Waals surface area contributed by atoms with Gasteiger partial charge in [0.15, 0.2) is 0 Å². The average molecular weight is 577 g/mol. The number of hydrogen-bond donors (Lipinski definition) is 4. The second-order valence-corrected chi connectivity index (χ2v) is 13.1. The molecule has 0 bridgehead atoms. The Kier molecular flexibility index (Phi) is 11.8. The van der Waals surface area contributed by atoms with Gasteiger partial charge in [-0.15, -0.1) is 0 Å². The van der Waals surface area contributed by atoms with Crippen LogP contribution in [0.5, 0.6) is 0 Å². The van der Waals surface area contributed by atoms with Crippen molar-refractivity contribution >= 4 is 21.8 Å². The van der Waals surface area contributed by atoms with Gasteiger partial charge in [-0.25, -0.2) is 13.2 Å². The normalized spacial score (nSPS) is 17.5. The number of ether oxygens (including phenoxy) is 2. The number of sulfonamides is 1. The lowest BCUT2D eigenvalue weighted by atomic mass is 9.87. The Bertz CT molecular complexity index is 1150. The summed E-state index contributed by atoms with van der Waals surface area (Å²) in [4.78, 5) is 12.8. The molecule has 222 valence electrons. The number of amides is 1. The molecule has 40 heavy (non-hydrogen) atoms. The van der Waals surface area contributed by atoms with Gasteiger partial charge in [-0.05, 0) is 61.1 Å². The minimum absolute atomic E-state index is 0.0832. The molecule has 0 spiro atoms. The van der Waals surface area contributed by atoms with E-state index in [1.807, 2.05) is 44.2 Å². The molecule has 6 N–H and O–H groups in total. The zero-order valence-electron chi connectivity index (χ0n) is 23.5. The van der Waals surface area contributed by atoms with E-state index in [1.165, 1.54) is 28.6 Å². The van der Waals surface area contributed by atoms with E-state index in [1.54, 1.807) is 0 Å². The molecule has 1 saturated heterocycles. The van der Waals surface area contributed by atoms with Crippen LogP contribution in [0.15, 0.2) is 59.5 Å². The molecule has 1 aliphatic rings. The van der Waals surface area contributed by atoms with Crippen LogP contribution in [-0.2, 0) is 25.9 Å². The van der Waals surface area contributed by atoms with Crippen LogP contribution in [-0.4, -0.2) is 75.0 Å². The summed E-state index contributed by atoms with van der Waals surface area (Å²) in [7, 11) is -4.00. The number of hydrogen-bond acceptors (Lipinski definition) is 8. The number of unbranched alkanes of at least 4 members (excludes halogenated alkanes) is 1. The van der Waals surface area contributed by atoms with Crippen LogP contribution in [0.4, 0.5) is 10.5 Å². The van der Waals surface area contributed by atoms with Gasteiger partial charge in [0, 0.05) is 25.2 Å². The minimum atomic E-state index is -4.00. The summed E-state index contributed by atoms with van der Waals surface area (Å²) < 4.78 is 39.8. The highest BCUT2D eigenvalue weighted by Crippen LogP contribution is 2.29. The lowest BCUT2D eigenvalue weighted by Crippen LogP contribution is -2.52. The van der Waals surface area contributed by atoms with E-state index in [-0.39, 0.29) is 35.9 Å². The van der Waals surface area contributed by atoms with E-state index < -0.39 is 28.3 Å². The molecular weight excluding hydrogens is 532 g/mol. The Hall–Kier alpha value is -2.70. The first kappa shape index (κ1) is 31.8. The molecule has 2 aromatic carbocycles. The number of nitrogen functional groups attached to an aromatic ring is 1. The van der Waals surface area contributed by atoms with Gasteiger partial charge in [0.05, 0.1) is 30.3 Å². The zero-order chi connectivity index (χ0) is 29.2. The monoisotopic (exact) mass is 576 g/mol. The number of aliphatic hydroxyl groups excluding tert-OH is 1. The van der Waals surface area contributed by atoms with Crippen molar-refractivity contribution in [2.75, 3.05) is 38.6 Å². The van der Waals surface area contributed by atoms with E-state index in [0.29, 0.717) is 31.9 Å². The lowest BCUT2D eigenvalue weighted by Gasteiger charge is -2.35. The number of carbonyl (C=O) groups excluding carboxylic acids is 1.